The molecule has 0 aliphatic heterocycles. The minimum Gasteiger partial charge on any atom is -0.495 e. The first-order valence-corrected chi connectivity index (χ1v) is 5.30. The van der Waals surface area contributed by atoms with Crippen LogP contribution in [0.4, 0.5) is 5.69 Å². The van der Waals surface area contributed by atoms with Gasteiger partial charge in [-0.25, -0.2) is 4.79 Å². The number of nitrogen functional groups attached to an aromatic ring is 1. The van der Waals surface area contributed by atoms with Gasteiger partial charge >= 0.3 is 5.97 Å². The molecule has 0 unspecified atom stereocenters. The van der Waals surface area contributed by atoms with Crippen LogP contribution < -0.4 is 10.5 Å². The Morgan fingerprint density at radius 3 is 2.76 bits per heavy atom. The van der Waals surface area contributed by atoms with Crippen LogP contribution in [-0.4, -0.2) is 23.2 Å². The van der Waals surface area contributed by atoms with E-state index in [-0.39, 0.29) is 5.56 Å². The summed E-state index contributed by atoms with van der Waals surface area (Å²) in [4.78, 5) is 14.4. The molecule has 1 aromatic carbocycles. The van der Waals surface area contributed by atoms with Crippen molar-refractivity contribution >= 4 is 22.6 Å². The van der Waals surface area contributed by atoms with Crippen molar-refractivity contribution in [3.8, 4) is 5.75 Å². The van der Waals surface area contributed by atoms with Crippen LogP contribution in [0.2, 0.25) is 0 Å². The SMILES string of the molecule is CCc1[nH]c2ccc(OC)c(N)c2c1C(=O)O. The third kappa shape index (κ3) is 1.60. The van der Waals surface area contributed by atoms with E-state index in [0.29, 0.717) is 28.9 Å². The zero-order valence-electron chi connectivity index (χ0n) is 9.70. The lowest BCUT2D eigenvalue weighted by molar-refractivity contribution is 0.0698. The topological polar surface area (TPSA) is 88.3 Å². The summed E-state index contributed by atoms with van der Waals surface area (Å²) in [5, 5.41) is 9.78. The zero-order chi connectivity index (χ0) is 12.6. The number of carbonyl (C=O) groups is 1. The predicted octanol–water partition coefficient (Wildman–Crippen LogP) is 2.02. The number of anilines is 1. The van der Waals surface area contributed by atoms with E-state index in [4.69, 9.17) is 10.5 Å². The number of rotatable bonds is 3. The average Bonchev–Trinajstić information content (AvgIpc) is 2.69. The Labute approximate surface area is 98.2 Å². The van der Waals surface area contributed by atoms with Crippen molar-refractivity contribution in [3.05, 3.63) is 23.4 Å². The van der Waals surface area contributed by atoms with Gasteiger partial charge in [-0.2, -0.15) is 0 Å². The minimum atomic E-state index is -0.979. The lowest BCUT2D eigenvalue weighted by Gasteiger charge is -2.05. The van der Waals surface area contributed by atoms with Crippen LogP contribution in [0.25, 0.3) is 10.9 Å². The van der Waals surface area contributed by atoms with Gasteiger partial charge in [0.1, 0.15) is 5.75 Å². The number of hydrogen-bond donors (Lipinski definition) is 3. The lowest BCUT2D eigenvalue weighted by Crippen LogP contribution is -2.01. The number of aromatic amines is 1. The summed E-state index contributed by atoms with van der Waals surface area (Å²) in [6.45, 7) is 1.89. The van der Waals surface area contributed by atoms with Gasteiger partial charge in [-0.15, -0.1) is 0 Å². The molecule has 0 fully saturated rings. The molecule has 0 saturated carbocycles. The van der Waals surface area contributed by atoms with Gasteiger partial charge in [-0.05, 0) is 18.6 Å². The van der Waals surface area contributed by atoms with Crippen LogP contribution in [0.1, 0.15) is 23.0 Å². The maximum absolute atomic E-state index is 11.3. The molecule has 0 saturated heterocycles. The normalized spacial score (nSPS) is 10.7. The number of methoxy groups -OCH3 is 1. The van der Waals surface area contributed by atoms with E-state index in [9.17, 15) is 9.90 Å². The highest BCUT2D eigenvalue weighted by Crippen LogP contribution is 2.34. The summed E-state index contributed by atoms with van der Waals surface area (Å²) < 4.78 is 5.10. The van der Waals surface area contributed by atoms with Crippen LogP contribution in [0.3, 0.4) is 0 Å². The number of aryl methyl sites for hydroxylation is 1. The van der Waals surface area contributed by atoms with Crippen molar-refractivity contribution in [1.29, 1.82) is 0 Å². The highest BCUT2D eigenvalue weighted by molar-refractivity contribution is 6.10. The fourth-order valence-corrected chi connectivity index (χ4v) is 2.03. The molecule has 0 spiro atoms. The van der Waals surface area contributed by atoms with E-state index in [0.717, 1.165) is 5.52 Å². The molecular formula is C12H14N2O3. The smallest absolute Gasteiger partial charge is 0.338 e. The summed E-state index contributed by atoms with van der Waals surface area (Å²) in [5.74, 6) is -0.491. The summed E-state index contributed by atoms with van der Waals surface area (Å²) in [5.41, 5.74) is 7.92. The number of nitrogens with one attached hydrogen (secondary N) is 1. The molecule has 5 heteroatoms. The van der Waals surface area contributed by atoms with Crippen LogP contribution in [-0.2, 0) is 6.42 Å². The number of carboxylic acid groups (broad SMARTS) is 1. The summed E-state index contributed by atoms with van der Waals surface area (Å²) >= 11 is 0. The Bertz CT molecular complexity index is 587. The zero-order valence-corrected chi connectivity index (χ0v) is 9.70. The molecule has 2 rings (SSSR count). The van der Waals surface area contributed by atoms with Crippen LogP contribution in [0, 0.1) is 0 Å². The molecule has 90 valence electrons. The van der Waals surface area contributed by atoms with Crippen molar-refractivity contribution < 1.29 is 14.6 Å². The lowest BCUT2D eigenvalue weighted by atomic mass is 10.1. The molecule has 0 amide bonds. The van der Waals surface area contributed by atoms with Gasteiger partial charge < -0.3 is 20.6 Å². The van der Waals surface area contributed by atoms with Crippen LogP contribution in [0.5, 0.6) is 5.75 Å². The Balaban J connectivity index is 2.87. The minimum absolute atomic E-state index is 0.235. The molecular weight excluding hydrogens is 220 g/mol. The van der Waals surface area contributed by atoms with Crippen molar-refractivity contribution in [3.63, 3.8) is 0 Å². The van der Waals surface area contributed by atoms with Gasteiger partial charge in [0.25, 0.3) is 0 Å². The Morgan fingerprint density at radius 2 is 2.24 bits per heavy atom. The average molecular weight is 234 g/mol. The monoisotopic (exact) mass is 234 g/mol. The molecule has 0 bridgehead atoms. The van der Waals surface area contributed by atoms with Gasteiger partial charge in [0.15, 0.2) is 0 Å². The number of nitrogens with two attached hydrogens (primary N) is 1. The molecule has 4 N–H and O–H groups in total. The van der Waals surface area contributed by atoms with E-state index < -0.39 is 5.97 Å². The predicted molar refractivity (Wildman–Crippen MR) is 65.6 cm³/mol. The Morgan fingerprint density at radius 1 is 1.53 bits per heavy atom. The number of hydrogen-bond acceptors (Lipinski definition) is 3. The maximum Gasteiger partial charge on any atom is 0.338 e. The number of benzene rings is 1. The molecule has 0 aliphatic rings. The number of fused-ring (bicyclic) bond motifs is 1. The molecule has 5 nitrogen and oxygen atoms in total. The standard InChI is InChI=1S/C12H14N2O3/c1-3-6-10(12(15)16)9-7(14-6)4-5-8(17-2)11(9)13/h4-5,14H,3,13H2,1-2H3,(H,15,16). The summed E-state index contributed by atoms with van der Waals surface area (Å²) in [7, 11) is 1.51. The third-order valence-corrected chi connectivity index (χ3v) is 2.83. The van der Waals surface area contributed by atoms with Crippen molar-refractivity contribution in [2.45, 2.75) is 13.3 Å². The number of aromatic carboxylic acids is 1. The maximum atomic E-state index is 11.3. The number of aromatic nitrogens is 1. The number of ether oxygens (including phenoxy) is 1. The van der Waals surface area contributed by atoms with Crippen molar-refractivity contribution in [2.75, 3.05) is 12.8 Å². The fraction of sp³-hybridized carbons (Fsp3) is 0.250. The van der Waals surface area contributed by atoms with E-state index in [1.807, 2.05) is 6.92 Å². The molecule has 1 heterocycles. The van der Waals surface area contributed by atoms with Gasteiger partial charge in [-0.1, -0.05) is 6.92 Å². The van der Waals surface area contributed by atoms with E-state index in [1.54, 1.807) is 12.1 Å². The molecule has 0 radical (unpaired) electrons. The van der Waals surface area contributed by atoms with Gasteiger partial charge in [0.05, 0.1) is 18.4 Å². The number of H-pyrrole nitrogens is 1. The molecule has 1 aromatic heterocycles. The van der Waals surface area contributed by atoms with Crippen molar-refractivity contribution in [2.24, 2.45) is 0 Å². The highest BCUT2D eigenvalue weighted by atomic mass is 16.5. The summed E-state index contributed by atoms with van der Waals surface area (Å²) in [6, 6.07) is 3.50. The first kappa shape index (κ1) is 11.3. The fourth-order valence-electron chi connectivity index (χ4n) is 2.03. The highest BCUT2D eigenvalue weighted by Gasteiger charge is 2.20. The van der Waals surface area contributed by atoms with Gasteiger partial charge in [0, 0.05) is 16.6 Å². The second kappa shape index (κ2) is 4.01. The second-order valence-corrected chi connectivity index (χ2v) is 3.74. The van der Waals surface area contributed by atoms with Gasteiger partial charge in [-0.3, -0.25) is 0 Å². The molecule has 0 aliphatic carbocycles. The van der Waals surface area contributed by atoms with Gasteiger partial charge in [0.2, 0.25) is 0 Å². The third-order valence-electron chi connectivity index (χ3n) is 2.83. The van der Waals surface area contributed by atoms with Crippen molar-refractivity contribution in [1.82, 2.24) is 4.98 Å². The van der Waals surface area contributed by atoms with E-state index in [2.05, 4.69) is 4.98 Å². The molecule has 2 aromatic rings. The number of carboxylic acids is 1. The molecule has 17 heavy (non-hydrogen) atoms. The first-order chi connectivity index (χ1) is 8.10. The van der Waals surface area contributed by atoms with E-state index in [1.165, 1.54) is 7.11 Å². The quantitative estimate of drug-likeness (QED) is 0.709. The van der Waals surface area contributed by atoms with Crippen LogP contribution >= 0.6 is 0 Å². The molecule has 0 atom stereocenters. The Kier molecular flexibility index (Phi) is 2.67. The van der Waals surface area contributed by atoms with E-state index >= 15 is 0 Å². The Hall–Kier alpha value is -2.17. The first-order valence-electron chi connectivity index (χ1n) is 5.30. The van der Waals surface area contributed by atoms with Crippen LogP contribution in [0.15, 0.2) is 12.1 Å². The largest absolute Gasteiger partial charge is 0.495 e. The second-order valence-electron chi connectivity index (χ2n) is 3.74. The summed E-state index contributed by atoms with van der Waals surface area (Å²) in [6.07, 6.45) is 0.609.